The molecule has 4 fully saturated rings. The molecule has 0 aliphatic carbocycles. The summed E-state index contributed by atoms with van der Waals surface area (Å²) in [6.07, 6.45) is -4.34. The van der Waals surface area contributed by atoms with Gasteiger partial charge in [0, 0.05) is 5.56 Å². The number of alkyl halides is 3. The lowest BCUT2D eigenvalue weighted by atomic mass is 9.99. The summed E-state index contributed by atoms with van der Waals surface area (Å²) in [5, 5.41) is 6.51. The van der Waals surface area contributed by atoms with E-state index in [-0.39, 0.29) is 24.1 Å². The van der Waals surface area contributed by atoms with Crippen molar-refractivity contribution in [3.8, 4) is 0 Å². The van der Waals surface area contributed by atoms with E-state index < -0.39 is 11.8 Å². The van der Waals surface area contributed by atoms with Crippen molar-refractivity contribution in [3.05, 3.63) is 35.4 Å². The predicted molar refractivity (Wildman–Crippen MR) is 80.7 cm³/mol. The van der Waals surface area contributed by atoms with Crippen LogP contribution in [0.25, 0.3) is 0 Å². The van der Waals surface area contributed by atoms with Gasteiger partial charge in [-0.05, 0) is 5.56 Å². The molecular formula is C14H16ClF3N6. The first-order chi connectivity index (χ1) is 11.0. The average molecular weight is 361 g/mol. The lowest BCUT2D eigenvalue weighted by Crippen LogP contribution is -2.72. The molecule has 5 heterocycles. The molecule has 10 heteroatoms. The van der Waals surface area contributed by atoms with Crippen LogP contribution in [-0.2, 0) is 5.66 Å². The van der Waals surface area contributed by atoms with Gasteiger partial charge in [-0.15, -0.1) is 22.6 Å². The van der Waals surface area contributed by atoms with Crippen LogP contribution >= 0.6 is 12.4 Å². The van der Waals surface area contributed by atoms with Crippen molar-refractivity contribution in [2.45, 2.75) is 18.0 Å². The lowest BCUT2D eigenvalue weighted by molar-refractivity contribution is -0.233. The molecule has 5 aliphatic heterocycles. The fourth-order valence-corrected chi connectivity index (χ4v) is 3.96. The zero-order valence-electron chi connectivity index (χ0n) is 12.6. The van der Waals surface area contributed by atoms with E-state index in [1.54, 1.807) is 12.1 Å². The summed E-state index contributed by atoms with van der Waals surface area (Å²) in [5.74, 6) is 0. The van der Waals surface area contributed by atoms with Crippen LogP contribution in [-0.4, -0.2) is 59.1 Å². The first kappa shape index (κ1) is 16.2. The Labute approximate surface area is 142 Å². The van der Waals surface area contributed by atoms with E-state index in [0.29, 0.717) is 0 Å². The molecule has 6 nitrogen and oxygen atoms in total. The smallest absolute Gasteiger partial charge is 0.264 e. The van der Waals surface area contributed by atoms with Gasteiger partial charge in [-0.1, -0.05) is 24.3 Å². The topological polar surface area (TPSA) is 37.7 Å². The molecule has 5 aliphatic rings. The van der Waals surface area contributed by atoms with Gasteiger partial charge in [0.05, 0.1) is 39.5 Å². The molecule has 0 radical (unpaired) electrons. The summed E-state index contributed by atoms with van der Waals surface area (Å²) < 4.78 is 39.2. The van der Waals surface area contributed by atoms with E-state index in [9.17, 15) is 13.2 Å². The van der Waals surface area contributed by atoms with Crippen LogP contribution in [0.2, 0.25) is 0 Å². The van der Waals surface area contributed by atoms with Crippen LogP contribution in [0.15, 0.2) is 34.5 Å². The Kier molecular flexibility index (Phi) is 3.46. The predicted octanol–water partition coefficient (Wildman–Crippen LogP) is 2.32. The zero-order valence-corrected chi connectivity index (χ0v) is 13.5. The van der Waals surface area contributed by atoms with Gasteiger partial charge in [-0.25, -0.2) is 0 Å². The van der Waals surface area contributed by atoms with Gasteiger partial charge in [0.15, 0.2) is 0 Å². The van der Waals surface area contributed by atoms with Crippen LogP contribution < -0.4 is 0 Å². The molecule has 24 heavy (non-hydrogen) atoms. The Morgan fingerprint density at radius 3 is 1.79 bits per heavy atom. The van der Waals surface area contributed by atoms with E-state index in [2.05, 4.69) is 29.8 Å². The molecule has 4 bridgehead atoms. The van der Waals surface area contributed by atoms with Crippen molar-refractivity contribution in [1.82, 2.24) is 19.6 Å². The number of benzene rings is 1. The number of nitrogens with zero attached hydrogens (tertiary/aromatic N) is 6. The van der Waals surface area contributed by atoms with Crippen molar-refractivity contribution in [2.24, 2.45) is 10.2 Å². The van der Waals surface area contributed by atoms with Crippen LogP contribution in [0.3, 0.4) is 0 Å². The van der Waals surface area contributed by atoms with Crippen molar-refractivity contribution in [3.63, 3.8) is 0 Å². The molecule has 0 saturated carbocycles. The van der Waals surface area contributed by atoms with Crippen LogP contribution in [0, 0.1) is 0 Å². The minimum atomic E-state index is -4.47. The number of rotatable bonds is 2. The van der Waals surface area contributed by atoms with Gasteiger partial charge >= 0.3 is 11.8 Å². The minimum Gasteiger partial charge on any atom is -0.264 e. The molecule has 6 rings (SSSR count). The maximum absolute atomic E-state index is 13.1. The maximum Gasteiger partial charge on any atom is 0.442 e. The second kappa shape index (κ2) is 5.12. The third-order valence-corrected chi connectivity index (χ3v) is 4.92. The molecular weight excluding hydrogens is 345 g/mol. The molecule has 1 aromatic carbocycles. The second-order valence-electron chi connectivity index (χ2n) is 6.59. The summed E-state index contributed by atoms with van der Waals surface area (Å²) in [6, 6.07) is 6.58. The van der Waals surface area contributed by atoms with Crippen molar-refractivity contribution < 1.29 is 13.2 Å². The second-order valence-corrected chi connectivity index (χ2v) is 6.59. The highest BCUT2D eigenvalue weighted by molar-refractivity contribution is 5.85. The third-order valence-electron chi connectivity index (χ3n) is 4.92. The Bertz CT molecular complexity index is 642. The molecule has 0 amide bonds. The van der Waals surface area contributed by atoms with Crippen molar-refractivity contribution in [1.29, 1.82) is 0 Å². The van der Waals surface area contributed by atoms with Gasteiger partial charge in [-0.3, -0.25) is 19.6 Å². The van der Waals surface area contributed by atoms with E-state index in [0.717, 1.165) is 38.9 Å². The summed E-state index contributed by atoms with van der Waals surface area (Å²) in [4.78, 5) is 9.35. The highest BCUT2D eigenvalue weighted by atomic mass is 35.5. The summed E-state index contributed by atoms with van der Waals surface area (Å²) in [5.41, 5.74) is -1.21. The molecule has 0 atom stereocenters. The van der Waals surface area contributed by atoms with Crippen molar-refractivity contribution in [2.75, 3.05) is 33.3 Å². The summed E-state index contributed by atoms with van der Waals surface area (Å²) in [6.45, 7) is 4.59. The largest absolute Gasteiger partial charge is 0.442 e. The Morgan fingerprint density at radius 1 is 0.875 bits per heavy atom. The molecule has 0 N–H and O–H groups in total. The normalized spacial score (nSPS) is 38.0. The standard InChI is InChI=1S/C14H15F3N6.ClH/c15-14(16,17)13(18-19-13)11-3-1-10(2-4-11)12-22-6-20-5-21(8-22)9-23(12)7-20;/h1-4,12H,5-9H2;1H. The first-order valence-electron chi connectivity index (χ1n) is 7.50. The molecule has 0 spiro atoms. The van der Waals surface area contributed by atoms with E-state index in [1.807, 2.05) is 0 Å². The van der Waals surface area contributed by atoms with Crippen molar-refractivity contribution >= 4 is 12.4 Å². The quantitative estimate of drug-likeness (QED) is 0.811. The third kappa shape index (κ3) is 2.19. The van der Waals surface area contributed by atoms with E-state index in [1.165, 1.54) is 12.1 Å². The molecule has 130 valence electrons. The monoisotopic (exact) mass is 360 g/mol. The highest BCUT2D eigenvalue weighted by Crippen LogP contribution is 2.52. The first-order valence-corrected chi connectivity index (χ1v) is 7.50. The highest BCUT2D eigenvalue weighted by Gasteiger charge is 2.65. The Balaban J connectivity index is 0.00000146. The van der Waals surface area contributed by atoms with Crippen LogP contribution in [0.1, 0.15) is 17.3 Å². The SMILES string of the molecule is Cl.FC(F)(F)C1(c2ccc(C3N4CN5CN(C4)CN3C5)cc2)N=N1. The fraction of sp³-hybridized carbons (Fsp3) is 0.571. The van der Waals surface area contributed by atoms with Gasteiger partial charge in [-0.2, -0.15) is 13.2 Å². The maximum atomic E-state index is 13.1. The zero-order chi connectivity index (χ0) is 15.8. The number of hydrogen-bond donors (Lipinski definition) is 0. The summed E-state index contributed by atoms with van der Waals surface area (Å²) >= 11 is 0. The minimum absolute atomic E-state index is 0. The molecule has 4 saturated heterocycles. The van der Waals surface area contributed by atoms with E-state index >= 15 is 0 Å². The lowest BCUT2D eigenvalue weighted by Gasteiger charge is -2.60. The Morgan fingerprint density at radius 2 is 1.38 bits per heavy atom. The number of hydrogen-bond acceptors (Lipinski definition) is 6. The summed E-state index contributed by atoms with van der Waals surface area (Å²) in [7, 11) is 0. The molecule has 0 unspecified atom stereocenters. The van der Waals surface area contributed by atoms with Crippen LogP contribution in [0.4, 0.5) is 13.2 Å². The Hall–Kier alpha value is -1.26. The molecule has 0 aromatic heterocycles. The van der Waals surface area contributed by atoms with Gasteiger partial charge < -0.3 is 0 Å². The van der Waals surface area contributed by atoms with Gasteiger partial charge in [0.25, 0.3) is 0 Å². The molecule has 1 aromatic rings. The average Bonchev–Trinajstić information content (AvgIpc) is 3.28. The number of halogens is 4. The van der Waals surface area contributed by atoms with Crippen LogP contribution in [0.5, 0.6) is 0 Å². The van der Waals surface area contributed by atoms with E-state index in [4.69, 9.17) is 0 Å². The fourth-order valence-electron chi connectivity index (χ4n) is 3.96. The van der Waals surface area contributed by atoms with Gasteiger partial charge in [0.2, 0.25) is 0 Å². The van der Waals surface area contributed by atoms with Gasteiger partial charge in [0.1, 0.15) is 0 Å².